The van der Waals surface area contributed by atoms with Gasteiger partial charge in [0.1, 0.15) is 5.75 Å². The molecule has 1 atom stereocenters. The highest BCUT2D eigenvalue weighted by molar-refractivity contribution is 5.79. The van der Waals surface area contributed by atoms with Gasteiger partial charge in [0.05, 0.1) is 13.2 Å². The average molecular weight is 523 g/mol. The van der Waals surface area contributed by atoms with Gasteiger partial charge in [-0.3, -0.25) is 0 Å². The molecule has 6 nitrogen and oxygen atoms in total. The molecule has 1 heterocycles. The molecule has 3 rings (SSSR count). The first-order valence-electron chi connectivity index (χ1n) is 13.9. The van der Waals surface area contributed by atoms with Crippen LogP contribution in [-0.2, 0) is 34.3 Å². The van der Waals surface area contributed by atoms with Gasteiger partial charge in [-0.2, -0.15) is 0 Å². The molecule has 208 valence electrons. The van der Waals surface area contributed by atoms with Crippen molar-refractivity contribution in [1.82, 2.24) is 9.80 Å². The number of nitrogens with zero attached hydrogens (tertiary/aromatic N) is 2. The lowest BCUT2D eigenvalue weighted by Gasteiger charge is -2.25. The first-order chi connectivity index (χ1) is 17.9. The van der Waals surface area contributed by atoms with Crippen molar-refractivity contribution < 1.29 is 19.1 Å². The molecule has 2 aromatic carbocycles. The third-order valence-corrected chi connectivity index (χ3v) is 7.43. The molecule has 6 heteroatoms. The number of amides is 2. The van der Waals surface area contributed by atoms with Crippen molar-refractivity contribution in [3.05, 3.63) is 64.7 Å². The Labute approximate surface area is 229 Å². The largest absolute Gasteiger partial charge is 0.476 e. The van der Waals surface area contributed by atoms with Gasteiger partial charge >= 0.3 is 12.0 Å². The second kappa shape index (κ2) is 12.2. The maximum absolute atomic E-state index is 12.9. The Balaban J connectivity index is 1.57. The topological polar surface area (TPSA) is 59.1 Å². The lowest BCUT2D eigenvalue weighted by atomic mass is 9.87. The summed E-state index contributed by atoms with van der Waals surface area (Å²) in [6, 6.07) is 15.2. The minimum absolute atomic E-state index is 0.106. The number of aryl methyl sites for hydroxylation is 2. The Hall–Kier alpha value is -3.02. The van der Waals surface area contributed by atoms with E-state index in [1.807, 2.05) is 22.9 Å². The van der Waals surface area contributed by atoms with Crippen molar-refractivity contribution in [2.45, 2.75) is 97.2 Å². The maximum atomic E-state index is 12.9. The van der Waals surface area contributed by atoms with Crippen molar-refractivity contribution in [2.75, 3.05) is 20.7 Å². The molecular formula is C32H46N2O4. The van der Waals surface area contributed by atoms with Gasteiger partial charge < -0.3 is 19.3 Å². The third kappa shape index (κ3) is 7.30. The number of benzene rings is 2. The van der Waals surface area contributed by atoms with Gasteiger partial charge in [0.2, 0.25) is 0 Å². The van der Waals surface area contributed by atoms with E-state index in [1.165, 1.54) is 23.8 Å². The van der Waals surface area contributed by atoms with Crippen LogP contribution in [0.15, 0.2) is 42.5 Å². The Morgan fingerprint density at radius 1 is 1.00 bits per heavy atom. The Morgan fingerprint density at radius 2 is 1.66 bits per heavy atom. The normalized spacial score (nSPS) is 16.2. The predicted octanol–water partition coefficient (Wildman–Crippen LogP) is 6.53. The molecule has 0 bridgehead atoms. The first-order valence-corrected chi connectivity index (χ1v) is 13.9. The van der Waals surface area contributed by atoms with Gasteiger partial charge in [-0.1, -0.05) is 70.5 Å². The highest BCUT2D eigenvalue weighted by Gasteiger charge is 2.34. The van der Waals surface area contributed by atoms with Gasteiger partial charge in [-0.15, -0.1) is 0 Å². The number of carbonyl (C=O) groups excluding carboxylic acids is 2. The number of urea groups is 1. The van der Waals surface area contributed by atoms with Gasteiger partial charge in [-0.05, 0) is 73.3 Å². The zero-order chi connectivity index (χ0) is 28.1. The average Bonchev–Trinajstić information content (AvgIpc) is 3.12. The lowest BCUT2D eigenvalue weighted by molar-refractivity contribution is -0.156. The molecule has 0 saturated carbocycles. The second-order valence-corrected chi connectivity index (χ2v) is 12.1. The SMILES string of the molecule is CCCc1cc(CCC[C@H]2CN(Cc3ccc(C(C)(C)C)cc3)C(=O)N2C)ccc1OC(C)(C)C(=O)OC. The van der Waals surface area contributed by atoms with Crippen molar-refractivity contribution in [1.29, 1.82) is 0 Å². The minimum Gasteiger partial charge on any atom is -0.476 e. The van der Waals surface area contributed by atoms with E-state index >= 15 is 0 Å². The van der Waals surface area contributed by atoms with Crippen molar-refractivity contribution >= 4 is 12.0 Å². The Kier molecular flexibility index (Phi) is 9.50. The van der Waals surface area contributed by atoms with Crippen LogP contribution in [0.2, 0.25) is 0 Å². The number of likely N-dealkylation sites (N-methyl/N-ethyl adjacent to an activating group) is 1. The fourth-order valence-corrected chi connectivity index (χ4v) is 5.04. The molecule has 38 heavy (non-hydrogen) atoms. The maximum Gasteiger partial charge on any atom is 0.349 e. The van der Waals surface area contributed by atoms with Crippen LogP contribution in [0.1, 0.15) is 83.1 Å². The summed E-state index contributed by atoms with van der Waals surface area (Å²) in [5.74, 6) is 0.341. The van der Waals surface area contributed by atoms with E-state index in [0.717, 1.165) is 50.0 Å². The van der Waals surface area contributed by atoms with E-state index in [2.05, 4.69) is 64.1 Å². The smallest absolute Gasteiger partial charge is 0.349 e. The van der Waals surface area contributed by atoms with Crippen molar-refractivity contribution in [2.24, 2.45) is 0 Å². The number of hydrogen-bond donors (Lipinski definition) is 0. The van der Waals surface area contributed by atoms with E-state index in [1.54, 1.807) is 13.8 Å². The van der Waals surface area contributed by atoms with Crippen LogP contribution < -0.4 is 4.74 Å². The summed E-state index contributed by atoms with van der Waals surface area (Å²) in [5, 5.41) is 0. The first kappa shape index (κ1) is 29.5. The number of ether oxygens (including phenoxy) is 2. The van der Waals surface area contributed by atoms with Crippen LogP contribution in [0.5, 0.6) is 5.75 Å². The van der Waals surface area contributed by atoms with Crippen LogP contribution in [0.4, 0.5) is 4.79 Å². The monoisotopic (exact) mass is 522 g/mol. The number of carbonyl (C=O) groups is 2. The zero-order valence-electron chi connectivity index (χ0n) is 24.6. The second-order valence-electron chi connectivity index (χ2n) is 12.1. The summed E-state index contributed by atoms with van der Waals surface area (Å²) in [5.41, 5.74) is 3.91. The molecule has 0 radical (unpaired) electrons. The summed E-state index contributed by atoms with van der Waals surface area (Å²) in [4.78, 5) is 28.9. The molecule has 1 aliphatic rings. The third-order valence-electron chi connectivity index (χ3n) is 7.43. The van der Waals surface area contributed by atoms with Crippen molar-refractivity contribution in [3.8, 4) is 5.75 Å². The molecule has 0 aliphatic carbocycles. The Bertz CT molecular complexity index is 1100. The molecule has 1 saturated heterocycles. The van der Waals surface area contributed by atoms with E-state index in [9.17, 15) is 9.59 Å². The fraction of sp³-hybridized carbons (Fsp3) is 0.562. The molecular weight excluding hydrogens is 476 g/mol. The van der Waals surface area contributed by atoms with Crippen LogP contribution in [0.3, 0.4) is 0 Å². The van der Waals surface area contributed by atoms with Crippen molar-refractivity contribution in [3.63, 3.8) is 0 Å². The number of esters is 1. The molecule has 0 spiro atoms. The Morgan fingerprint density at radius 3 is 2.26 bits per heavy atom. The lowest BCUT2D eigenvalue weighted by Crippen LogP contribution is -2.39. The summed E-state index contributed by atoms with van der Waals surface area (Å²) in [6.45, 7) is 13.6. The summed E-state index contributed by atoms with van der Waals surface area (Å²) < 4.78 is 11.0. The van der Waals surface area contributed by atoms with Gasteiger partial charge in [0.15, 0.2) is 5.60 Å². The van der Waals surface area contributed by atoms with Crippen LogP contribution in [0.25, 0.3) is 0 Å². The van der Waals surface area contributed by atoms with Gasteiger partial charge in [0, 0.05) is 20.1 Å². The van der Waals surface area contributed by atoms with Crippen LogP contribution >= 0.6 is 0 Å². The summed E-state index contributed by atoms with van der Waals surface area (Å²) >= 11 is 0. The standard InChI is InChI=1S/C32H46N2O4/c1-9-11-25-20-23(16-19-28(25)38-32(5,6)29(35)37-8)12-10-13-27-22-34(30(36)33(27)7)21-24-14-17-26(18-15-24)31(2,3)4/h14-20,27H,9-13,21-22H2,1-8H3/t27-/m0/s1. The fourth-order valence-electron chi connectivity index (χ4n) is 5.04. The van der Waals surface area contributed by atoms with E-state index < -0.39 is 11.6 Å². The quantitative estimate of drug-likeness (QED) is 0.315. The van der Waals surface area contributed by atoms with Gasteiger partial charge in [-0.25, -0.2) is 9.59 Å². The summed E-state index contributed by atoms with van der Waals surface area (Å²) in [6.07, 6.45) is 4.76. The van der Waals surface area contributed by atoms with Crippen LogP contribution in [0, 0.1) is 0 Å². The molecule has 0 N–H and O–H groups in total. The molecule has 2 aromatic rings. The molecule has 2 amide bonds. The highest BCUT2D eigenvalue weighted by atomic mass is 16.6. The van der Waals surface area contributed by atoms with E-state index in [-0.39, 0.29) is 17.5 Å². The van der Waals surface area contributed by atoms with Crippen LogP contribution in [-0.4, -0.2) is 54.1 Å². The number of rotatable bonds is 11. The molecule has 0 aromatic heterocycles. The number of hydrogen-bond acceptors (Lipinski definition) is 4. The highest BCUT2D eigenvalue weighted by Crippen LogP contribution is 2.28. The minimum atomic E-state index is -1.04. The molecule has 1 aliphatic heterocycles. The molecule has 0 unspecified atom stereocenters. The van der Waals surface area contributed by atoms with E-state index in [4.69, 9.17) is 9.47 Å². The number of methoxy groups -OCH3 is 1. The molecule has 1 fully saturated rings. The van der Waals surface area contributed by atoms with Gasteiger partial charge in [0.25, 0.3) is 0 Å². The summed E-state index contributed by atoms with van der Waals surface area (Å²) in [7, 11) is 3.30. The predicted molar refractivity (Wildman–Crippen MR) is 153 cm³/mol. The van der Waals surface area contributed by atoms with E-state index in [0.29, 0.717) is 6.54 Å². The zero-order valence-corrected chi connectivity index (χ0v) is 24.6.